The molecule has 3 heterocycles. The van der Waals surface area contributed by atoms with Gasteiger partial charge >= 0.3 is 0 Å². The fourth-order valence-electron chi connectivity index (χ4n) is 5.92. The molecule has 4 rings (SSSR count). The molecule has 0 unspecified atom stereocenters. The number of hydrogen-bond acceptors (Lipinski definition) is 7. The van der Waals surface area contributed by atoms with Gasteiger partial charge in [0.15, 0.2) is 0 Å². The summed E-state index contributed by atoms with van der Waals surface area (Å²) >= 11 is 0. The van der Waals surface area contributed by atoms with Crippen LogP contribution in [0.1, 0.15) is 51.8 Å². The summed E-state index contributed by atoms with van der Waals surface area (Å²) in [4.78, 5) is 39.9. The Morgan fingerprint density at radius 2 is 1.89 bits per heavy atom. The lowest BCUT2D eigenvalue weighted by Crippen LogP contribution is -2.60. The molecule has 3 N–H and O–H groups in total. The van der Waals surface area contributed by atoms with Gasteiger partial charge in [0.2, 0.25) is 5.91 Å². The Labute approximate surface area is 213 Å². The molecule has 2 aliphatic heterocycles. The summed E-state index contributed by atoms with van der Waals surface area (Å²) in [6.07, 6.45) is 9.31. The molecule has 1 aromatic rings. The van der Waals surface area contributed by atoms with Crippen LogP contribution in [-0.4, -0.2) is 100 Å². The molecule has 3 aliphatic rings. The van der Waals surface area contributed by atoms with Crippen molar-refractivity contribution in [2.24, 2.45) is 11.3 Å². The number of aromatic nitrogens is 2. The summed E-state index contributed by atoms with van der Waals surface area (Å²) in [5.41, 5.74) is -0.251. The average molecular weight is 510 g/mol. The largest absolute Gasteiger partial charge is 0.483 e. The summed E-state index contributed by atoms with van der Waals surface area (Å²) in [6, 6.07) is 0.608. The number of amides is 1. The SMILES string of the molecule is CCCn1ccnc1CNC(=O)[C@@]12CC[C@H](N3CCOCC3)C[C@H]1CCN(CC)C2.O=CO.O=CO. The van der Waals surface area contributed by atoms with E-state index < -0.39 is 0 Å². The number of aryl methyl sites for hydroxylation is 1. The van der Waals surface area contributed by atoms with Crippen LogP contribution in [0.2, 0.25) is 0 Å². The molecule has 1 amide bonds. The van der Waals surface area contributed by atoms with Crippen molar-refractivity contribution in [2.75, 3.05) is 45.9 Å². The summed E-state index contributed by atoms with van der Waals surface area (Å²) in [7, 11) is 0. The van der Waals surface area contributed by atoms with E-state index in [4.69, 9.17) is 24.5 Å². The number of rotatable bonds is 7. The highest BCUT2D eigenvalue weighted by molar-refractivity contribution is 5.83. The van der Waals surface area contributed by atoms with Gasteiger partial charge in [0, 0.05) is 44.6 Å². The molecule has 2 saturated heterocycles. The van der Waals surface area contributed by atoms with Crippen LogP contribution in [0.4, 0.5) is 0 Å². The molecule has 36 heavy (non-hydrogen) atoms. The topological polar surface area (TPSA) is 137 Å². The first-order valence-electron chi connectivity index (χ1n) is 13.0. The van der Waals surface area contributed by atoms with E-state index in [1.54, 1.807) is 0 Å². The van der Waals surface area contributed by atoms with Crippen molar-refractivity contribution in [3.05, 3.63) is 18.2 Å². The lowest BCUT2D eigenvalue weighted by atomic mass is 9.61. The monoisotopic (exact) mass is 509 g/mol. The van der Waals surface area contributed by atoms with E-state index in [0.29, 0.717) is 18.5 Å². The van der Waals surface area contributed by atoms with Crippen LogP contribution in [0.25, 0.3) is 0 Å². The first-order chi connectivity index (χ1) is 17.5. The number of ether oxygens (including phenoxy) is 1. The molecule has 11 nitrogen and oxygen atoms in total. The standard InChI is InChI=1S/C23H39N5O2.2CH2O2/c1-3-9-28-11-8-24-21(28)17-25-22(29)23-7-5-20(27-12-14-30-15-13-27)16-19(23)6-10-26(4-2)18-23;2*2-1-3/h8,11,19-20H,3-7,9-10,12-18H2,1-2H3,(H,25,29);2*1H,(H,2,3)/t19-,20+,23-;;/m1../s1. The molecular weight excluding hydrogens is 466 g/mol. The van der Waals surface area contributed by atoms with E-state index in [1.165, 1.54) is 0 Å². The lowest BCUT2D eigenvalue weighted by molar-refractivity contribution is -0.145. The molecule has 204 valence electrons. The zero-order valence-corrected chi connectivity index (χ0v) is 21.7. The molecule has 11 heteroatoms. The van der Waals surface area contributed by atoms with Crippen LogP contribution >= 0.6 is 0 Å². The lowest BCUT2D eigenvalue weighted by Gasteiger charge is -2.53. The third-order valence-electron chi connectivity index (χ3n) is 7.70. The second kappa shape index (κ2) is 15.6. The van der Waals surface area contributed by atoms with Gasteiger partial charge in [0.25, 0.3) is 12.9 Å². The van der Waals surface area contributed by atoms with Crippen molar-refractivity contribution in [3.63, 3.8) is 0 Å². The Morgan fingerprint density at radius 1 is 1.19 bits per heavy atom. The number of carboxylic acid groups (broad SMARTS) is 2. The van der Waals surface area contributed by atoms with Crippen LogP contribution in [0.5, 0.6) is 0 Å². The Balaban J connectivity index is 0.000000693. The van der Waals surface area contributed by atoms with Crippen LogP contribution < -0.4 is 5.32 Å². The summed E-state index contributed by atoms with van der Waals surface area (Å²) in [5.74, 6) is 1.68. The molecule has 0 aromatic carbocycles. The van der Waals surface area contributed by atoms with E-state index in [-0.39, 0.29) is 24.3 Å². The number of morpholine rings is 1. The fraction of sp³-hybridized carbons (Fsp3) is 0.760. The van der Waals surface area contributed by atoms with Crippen LogP contribution in [0.3, 0.4) is 0 Å². The van der Waals surface area contributed by atoms with Crippen LogP contribution in [0.15, 0.2) is 12.4 Å². The van der Waals surface area contributed by atoms with Gasteiger partial charge in [0.1, 0.15) is 5.82 Å². The first-order valence-corrected chi connectivity index (χ1v) is 13.0. The van der Waals surface area contributed by atoms with Crippen molar-refractivity contribution in [3.8, 4) is 0 Å². The van der Waals surface area contributed by atoms with Gasteiger partial charge in [-0.25, -0.2) is 4.98 Å². The van der Waals surface area contributed by atoms with Gasteiger partial charge in [-0.3, -0.25) is 19.3 Å². The van der Waals surface area contributed by atoms with Crippen molar-refractivity contribution in [1.82, 2.24) is 24.7 Å². The number of likely N-dealkylation sites (tertiary alicyclic amines) is 1. The van der Waals surface area contributed by atoms with E-state index in [0.717, 1.165) is 90.4 Å². The molecule has 3 atom stereocenters. The summed E-state index contributed by atoms with van der Waals surface area (Å²) < 4.78 is 7.71. The van der Waals surface area contributed by atoms with Gasteiger partial charge in [-0.15, -0.1) is 0 Å². The zero-order chi connectivity index (χ0) is 26.4. The number of fused-ring (bicyclic) bond motifs is 1. The maximum Gasteiger partial charge on any atom is 0.290 e. The molecule has 0 radical (unpaired) electrons. The Kier molecular flexibility index (Phi) is 12.9. The number of nitrogens with one attached hydrogen (secondary N) is 1. The molecule has 0 bridgehead atoms. The number of nitrogens with zero attached hydrogens (tertiary/aromatic N) is 4. The fourth-order valence-corrected chi connectivity index (χ4v) is 5.92. The van der Waals surface area contributed by atoms with Gasteiger partial charge in [-0.05, 0) is 51.1 Å². The van der Waals surface area contributed by atoms with Crippen LogP contribution in [-0.2, 0) is 32.2 Å². The van der Waals surface area contributed by atoms with Crippen molar-refractivity contribution in [2.45, 2.75) is 65.1 Å². The van der Waals surface area contributed by atoms with Crippen molar-refractivity contribution < 1.29 is 29.3 Å². The number of carbonyl (C=O) groups excluding carboxylic acids is 1. The summed E-state index contributed by atoms with van der Waals surface area (Å²) in [5, 5.41) is 17.1. The molecular formula is C25H43N5O6. The maximum atomic E-state index is 13.7. The Morgan fingerprint density at radius 3 is 2.53 bits per heavy atom. The summed E-state index contributed by atoms with van der Waals surface area (Å²) in [6.45, 7) is 12.2. The minimum Gasteiger partial charge on any atom is -0.483 e. The molecule has 0 spiro atoms. The highest BCUT2D eigenvalue weighted by atomic mass is 16.5. The smallest absolute Gasteiger partial charge is 0.290 e. The minimum absolute atomic E-state index is 0.247. The second-order valence-corrected chi connectivity index (χ2v) is 9.52. The normalized spacial score (nSPS) is 26.3. The van der Waals surface area contributed by atoms with Crippen molar-refractivity contribution >= 4 is 18.9 Å². The molecule has 3 fully saturated rings. The van der Waals surface area contributed by atoms with E-state index in [2.05, 4.69) is 38.5 Å². The Hall–Kier alpha value is -2.50. The zero-order valence-electron chi connectivity index (χ0n) is 21.7. The van der Waals surface area contributed by atoms with E-state index >= 15 is 0 Å². The van der Waals surface area contributed by atoms with E-state index in [1.807, 2.05) is 12.4 Å². The van der Waals surface area contributed by atoms with Crippen molar-refractivity contribution in [1.29, 1.82) is 0 Å². The van der Waals surface area contributed by atoms with Crippen LogP contribution in [0, 0.1) is 11.3 Å². The average Bonchev–Trinajstić information content (AvgIpc) is 3.35. The third kappa shape index (κ3) is 7.75. The highest BCUT2D eigenvalue weighted by Crippen LogP contribution is 2.47. The Bertz CT molecular complexity index is 794. The second-order valence-electron chi connectivity index (χ2n) is 9.52. The highest BCUT2D eigenvalue weighted by Gasteiger charge is 2.52. The molecule has 1 aromatic heterocycles. The molecule has 1 saturated carbocycles. The quantitative estimate of drug-likeness (QED) is 0.467. The van der Waals surface area contributed by atoms with Gasteiger partial charge in [-0.1, -0.05) is 13.8 Å². The molecule has 1 aliphatic carbocycles. The van der Waals surface area contributed by atoms with Gasteiger partial charge in [-0.2, -0.15) is 0 Å². The third-order valence-corrected chi connectivity index (χ3v) is 7.70. The number of imidazole rings is 1. The minimum atomic E-state index is -0.251. The number of hydrogen-bond donors (Lipinski definition) is 3. The predicted octanol–water partition coefficient (Wildman–Crippen LogP) is 1.52. The number of piperidine rings is 1. The van der Waals surface area contributed by atoms with E-state index in [9.17, 15) is 4.79 Å². The first kappa shape index (κ1) is 29.7. The predicted molar refractivity (Wildman–Crippen MR) is 134 cm³/mol. The van der Waals surface area contributed by atoms with Gasteiger partial charge in [0.05, 0.1) is 25.2 Å². The maximum absolute atomic E-state index is 13.7. The van der Waals surface area contributed by atoms with Gasteiger partial charge < -0.3 is 29.7 Å². The number of carbonyl (C=O) groups is 3.